The Labute approximate surface area is 105 Å². The lowest BCUT2D eigenvalue weighted by molar-refractivity contribution is 0.0933. The minimum Gasteiger partial charge on any atom is -0.378 e. The van der Waals surface area contributed by atoms with E-state index in [0.717, 1.165) is 19.7 Å². The lowest BCUT2D eigenvalue weighted by Crippen LogP contribution is -2.46. The lowest BCUT2D eigenvalue weighted by Gasteiger charge is -2.29. The first kappa shape index (κ1) is 13.3. The van der Waals surface area contributed by atoms with E-state index >= 15 is 0 Å². The molecule has 17 heavy (non-hydrogen) atoms. The van der Waals surface area contributed by atoms with E-state index in [2.05, 4.69) is 22.2 Å². The molecule has 0 amide bonds. The van der Waals surface area contributed by atoms with Crippen LogP contribution in [0.25, 0.3) is 0 Å². The topological polar surface area (TPSA) is 27.7 Å². The molecule has 2 aliphatic rings. The largest absolute Gasteiger partial charge is 0.378 e. The summed E-state index contributed by atoms with van der Waals surface area (Å²) >= 11 is 0. The second-order valence-corrected chi connectivity index (χ2v) is 5.32. The van der Waals surface area contributed by atoms with Gasteiger partial charge in [0.15, 0.2) is 0 Å². The Hall–Kier alpha value is -0.160. The molecule has 4 heteroatoms. The normalized spacial score (nSPS) is 26.8. The van der Waals surface area contributed by atoms with Gasteiger partial charge in [0.2, 0.25) is 0 Å². The van der Waals surface area contributed by atoms with E-state index in [1.54, 1.807) is 0 Å². The molecule has 0 aromatic carbocycles. The van der Waals surface area contributed by atoms with Crippen LogP contribution in [0, 0.1) is 0 Å². The molecule has 0 spiro atoms. The van der Waals surface area contributed by atoms with Gasteiger partial charge in [0.25, 0.3) is 0 Å². The highest BCUT2D eigenvalue weighted by Crippen LogP contribution is 2.15. The van der Waals surface area contributed by atoms with Crippen molar-refractivity contribution < 1.29 is 4.74 Å². The zero-order chi connectivity index (χ0) is 11.9. The van der Waals surface area contributed by atoms with Gasteiger partial charge in [-0.3, -0.25) is 4.90 Å². The van der Waals surface area contributed by atoms with Gasteiger partial charge in [0.05, 0.1) is 6.10 Å². The molecule has 100 valence electrons. The van der Waals surface area contributed by atoms with Crippen molar-refractivity contribution in [2.45, 2.75) is 25.4 Å². The van der Waals surface area contributed by atoms with Crippen LogP contribution in [-0.2, 0) is 4.74 Å². The molecule has 1 N–H and O–H groups in total. The highest BCUT2D eigenvalue weighted by atomic mass is 16.5. The summed E-state index contributed by atoms with van der Waals surface area (Å²) in [4.78, 5) is 5.00. The molecule has 2 fully saturated rings. The van der Waals surface area contributed by atoms with Crippen molar-refractivity contribution in [3.63, 3.8) is 0 Å². The van der Waals surface area contributed by atoms with Crippen molar-refractivity contribution in [2.24, 2.45) is 0 Å². The van der Waals surface area contributed by atoms with Crippen LogP contribution in [0.5, 0.6) is 0 Å². The van der Waals surface area contributed by atoms with Crippen LogP contribution < -0.4 is 5.32 Å². The molecule has 4 nitrogen and oxygen atoms in total. The van der Waals surface area contributed by atoms with Gasteiger partial charge in [-0.05, 0) is 26.3 Å². The SMILES string of the molecule is CN(CCC1CCCO1)CCN1CCNCC1. The molecular weight excluding hydrogens is 214 g/mol. The Morgan fingerprint density at radius 1 is 1.29 bits per heavy atom. The van der Waals surface area contributed by atoms with Gasteiger partial charge in [-0.15, -0.1) is 0 Å². The third-order valence-electron chi connectivity index (χ3n) is 3.86. The Kier molecular flexibility index (Phi) is 5.71. The molecule has 0 aromatic heterocycles. The van der Waals surface area contributed by atoms with Crippen molar-refractivity contribution in [1.29, 1.82) is 0 Å². The summed E-state index contributed by atoms with van der Waals surface area (Å²) in [5.41, 5.74) is 0. The second-order valence-electron chi connectivity index (χ2n) is 5.32. The molecule has 2 saturated heterocycles. The summed E-state index contributed by atoms with van der Waals surface area (Å²) in [6, 6.07) is 0. The Bertz CT molecular complexity index is 201. The molecule has 1 unspecified atom stereocenters. The quantitative estimate of drug-likeness (QED) is 0.728. The summed E-state index contributed by atoms with van der Waals surface area (Å²) in [7, 11) is 2.23. The molecule has 0 bridgehead atoms. The lowest BCUT2D eigenvalue weighted by atomic mass is 10.2. The second kappa shape index (κ2) is 7.31. The summed E-state index contributed by atoms with van der Waals surface area (Å²) in [6.07, 6.45) is 4.27. The number of nitrogens with zero attached hydrogens (tertiary/aromatic N) is 2. The van der Waals surface area contributed by atoms with E-state index in [1.807, 2.05) is 0 Å². The first-order valence-electron chi connectivity index (χ1n) is 7.08. The van der Waals surface area contributed by atoms with Crippen molar-refractivity contribution >= 4 is 0 Å². The van der Waals surface area contributed by atoms with Crippen molar-refractivity contribution in [3.05, 3.63) is 0 Å². The minimum atomic E-state index is 0.539. The van der Waals surface area contributed by atoms with Crippen LogP contribution in [0.2, 0.25) is 0 Å². The van der Waals surface area contributed by atoms with E-state index in [4.69, 9.17) is 4.74 Å². The maximum absolute atomic E-state index is 5.65. The zero-order valence-electron chi connectivity index (χ0n) is 11.2. The summed E-state index contributed by atoms with van der Waals surface area (Å²) in [6.45, 7) is 9.28. The van der Waals surface area contributed by atoms with E-state index in [1.165, 1.54) is 52.0 Å². The Balaban J connectivity index is 1.52. The minimum absolute atomic E-state index is 0.539. The molecule has 0 aliphatic carbocycles. The van der Waals surface area contributed by atoms with E-state index < -0.39 is 0 Å². The molecule has 2 rings (SSSR count). The van der Waals surface area contributed by atoms with Crippen molar-refractivity contribution in [3.8, 4) is 0 Å². The molecule has 0 radical (unpaired) electrons. The van der Waals surface area contributed by atoms with Gasteiger partial charge in [-0.2, -0.15) is 0 Å². The van der Waals surface area contributed by atoms with Crippen LogP contribution in [-0.4, -0.2) is 75.4 Å². The summed E-state index contributed by atoms with van der Waals surface area (Å²) in [5.74, 6) is 0. The number of hydrogen-bond acceptors (Lipinski definition) is 4. The van der Waals surface area contributed by atoms with Crippen molar-refractivity contribution in [2.75, 3.05) is 59.5 Å². The number of likely N-dealkylation sites (N-methyl/N-ethyl adjacent to an activating group) is 1. The van der Waals surface area contributed by atoms with Crippen LogP contribution >= 0.6 is 0 Å². The Morgan fingerprint density at radius 2 is 2.12 bits per heavy atom. The number of hydrogen-bond donors (Lipinski definition) is 1. The number of piperazine rings is 1. The maximum atomic E-state index is 5.65. The monoisotopic (exact) mass is 241 g/mol. The predicted molar refractivity (Wildman–Crippen MR) is 70.4 cm³/mol. The Morgan fingerprint density at radius 3 is 2.82 bits per heavy atom. The zero-order valence-corrected chi connectivity index (χ0v) is 11.2. The molecule has 2 aliphatic heterocycles. The van der Waals surface area contributed by atoms with Gasteiger partial charge in [0.1, 0.15) is 0 Å². The smallest absolute Gasteiger partial charge is 0.0588 e. The fourth-order valence-corrected chi connectivity index (χ4v) is 2.60. The third kappa shape index (κ3) is 4.92. The molecule has 0 aromatic rings. The summed E-state index contributed by atoms with van der Waals surface area (Å²) in [5, 5.41) is 3.39. The van der Waals surface area contributed by atoms with Crippen LogP contribution in [0.3, 0.4) is 0 Å². The van der Waals surface area contributed by atoms with Gasteiger partial charge in [0, 0.05) is 52.4 Å². The maximum Gasteiger partial charge on any atom is 0.0588 e. The average molecular weight is 241 g/mol. The first-order valence-corrected chi connectivity index (χ1v) is 7.08. The average Bonchev–Trinajstić information content (AvgIpc) is 2.88. The highest BCUT2D eigenvalue weighted by Gasteiger charge is 2.16. The number of rotatable bonds is 6. The number of ether oxygens (including phenoxy) is 1. The van der Waals surface area contributed by atoms with Crippen molar-refractivity contribution in [1.82, 2.24) is 15.1 Å². The van der Waals surface area contributed by atoms with E-state index in [0.29, 0.717) is 6.10 Å². The third-order valence-corrected chi connectivity index (χ3v) is 3.86. The van der Waals surface area contributed by atoms with Gasteiger partial charge in [-0.25, -0.2) is 0 Å². The molecule has 1 atom stereocenters. The van der Waals surface area contributed by atoms with E-state index in [-0.39, 0.29) is 0 Å². The molecule has 0 saturated carbocycles. The highest BCUT2D eigenvalue weighted by molar-refractivity contribution is 4.70. The standard InChI is InChI=1S/C13H27N3O/c1-15(7-4-13-3-2-12-17-13)10-11-16-8-5-14-6-9-16/h13-14H,2-12H2,1H3. The number of nitrogens with one attached hydrogen (secondary N) is 1. The fraction of sp³-hybridized carbons (Fsp3) is 1.00. The van der Waals surface area contributed by atoms with Crippen LogP contribution in [0.1, 0.15) is 19.3 Å². The van der Waals surface area contributed by atoms with E-state index in [9.17, 15) is 0 Å². The van der Waals surface area contributed by atoms with Crippen LogP contribution in [0.4, 0.5) is 0 Å². The first-order chi connectivity index (χ1) is 8.34. The van der Waals surface area contributed by atoms with Gasteiger partial charge in [-0.1, -0.05) is 0 Å². The molecule has 2 heterocycles. The van der Waals surface area contributed by atoms with Gasteiger partial charge < -0.3 is 15.0 Å². The fourth-order valence-electron chi connectivity index (χ4n) is 2.60. The predicted octanol–water partition coefficient (Wildman–Crippen LogP) is 0.393. The van der Waals surface area contributed by atoms with Gasteiger partial charge >= 0.3 is 0 Å². The summed E-state index contributed by atoms with van der Waals surface area (Å²) < 4.78 is 5.65. The van der Waals surface area contributed by atoms with Crippen LogP contribution in [0.15, 0.2) is 0 Å². The molecular formula is C13H27N3O.